The monoisotopic (exact) mass is 262 g/mol. The Bertz CT molecular complexity index is 446. The molecule has 0 aliphatic rings. The maximum Gasteiger partial charge on any atom is 0.391 e. The number of hydrogen-bond donors (Lipinski definition) is 3. The van der Waals surface area contributed by atoms with Gasteiger partial charge in [0.2, 0.25) is 0 Å². The molecule has 1 atom stereocenters. The first-order valence-corrected chi connectivity index (χ1v) is 5.16. The zero-order chi connectivity index (χ0) is 13.9. The van der Waals surface area contributed by atoms with Crippen LogP contribution in [0.15, 0.2) is 18.2 Å². The standard InChI is InChI=1S/C11H13F3N2O2/c1-6(5-11(12,13)14)16-10(18)7-3-2-4-8(15)9(7)17/h2-4,6,17H,5,15H2,1H3,(H,16,18). The molecule has 7 heteroatoms. The number of rotatable bonds is 3. The molecule has 0 aromatic heterocycles. The van der Waals surface area contributed by atoms with E-state index in [2.05, 4.69) is 5.32 Å². The van der Waals surface area contributed by atoms with Crippen molar-refractivity contribution in [2.24, 2.45) is 0 Å². The SMILES string of the molecule is CC(CC(F)(F)F)NC(=O)c1cccc(N)c1O. The van der Waals surface area contributed by atoms with Gasteiger partial charge in [0, 0.05) is 6.04 Å². The van der Waals surface area contributed by atoms with Crippen LogP contribution in [-0.4, -0.2) is 23.2 Å². The molecule has 1 amide bonds. The number of nitrogen functional groups attached to an aromatic ring is 1. The first-order chi connectivity index (χ1) is 8.20. The maximum absolute atomic E-state index is 12.1. The van der Waals surface area contributed by atoms with Crippen LogP contribution in [0.4, 0.5) is 18.9 Å². The first kappa shape index (κ1) is 14.1. The van der Waals surface area contributed by atoms with Gasteiger partial charge in [-0.05, 0) is 19.1 Å². The molecule has 1 aromatic carbocycles. The summed E-state index contributed by atoms with van der Waals surface area (Å²) in [4.78, 5) is 11.6. The van der Waals surface area contributed by atoms with Crippen LogP contribution in [0.1, 0.15) is 23.7 Å². The fourth-order valence-corrected chi connectivity index (χ4v) is 1.44. The number of anilines is 1. The second-order valence-electron chi connectivity index (χ2n) is 3.94. The minimum Gasteiger partial charge on any atom is -0.505 e. The molecule has 1 aromatic rings. The fraction of sp³-hybridized carbons (Fsp3) is 0.364. The number of phenols is 1. The van der Waals surface area contributed by atoms with E-state index in [0.29, 0.717) is 0 Å². The van der Waals surface area contributed by atoms with Crippen LogP contribution in [0.5, 0.6) is 5.75 Å². The highest BCUT2D eigenvalue weighted by Crippen LogP contribution is 2.25. The molecule has 0 radical (unpaired) electrons. The van der Waals surface area contributed by atoms with Gasteiger partial charge in [-0.25, -0.2) is 0 Å². The number of carbonyl (C=O) groups excluding carboxylic acids is 1. The van der Waals surface area contributed by atoms with Gasteiger partial charge in [0.25, 0.3) is 5.91 Å². The van der Waals surface area contributed by atoms with E-state index in [-0.39, 0.29) is 11.3 Å². The first-order valence-electron chi connectivity index (χ1n) is 5.16. The average molecular weight is 262 g/mol. The molecular weight excluding hydrogens is 249 g/mol. The molecule has 0 bridgehead atoms. The second kappa shape index (κ2) is 5.16. The number of amides is 1. The lowest BCUT2D eigenvalue weighted by Crippen LogP contribution is -2.36. The number of hydrogen-bond acceptors (Lipinski definition) is 3. The Morgan fingerprint density at radius 1 is 1.50 bits per heavy atom. The van der Waals surface area contributed by atoms with Crippen LogP contribution in [-0.2, 0) is 0 Å². The number of phenolic OH excluding ortho intramolecular Hbond substituents is 1. The Morgan fingerprint density at radius 2 is 2.11 bits per heavy atom. The summed E-state index contributed by atoms with van der Waals surface area (Å²) in [7, 11) is 0. The Labute approximate surface area is 102 Å². The van der Waals surface area contributed by atoms with E-state index >= 15 is 0 Å². The summed E-state index contributed by atoms with van der Waals surface area (Å²) >= 11 is 0. The minimum absolute atomic E-state index is 0.00822. The summed E-state index contributed by atoms with van der Waals surface area (Å²) in [5, 5.41) is 11.7. The van der Waals surface area contributed by atoms with Crippen LogP contribution in [0.25, 0.3) is 0 Å². The number of carbonyl (C=O) groups is 1. The van der Waals surface area contributed by atoms with E-state index < -0.39 is 30.3 Å². The van der Waals surface area contributed by atoms with Gasteiger partial charge in [0.15, 0.2) is 5.75 Å². The predicted molar refractivity (Wildman–Crippen MR) is 60.1 cm³/mol. The second-order valence-corrected chi connectivity index (χ2v) is 3.94. The summed E-state index contributed by atoms with van der Waals surface area (Å²) in [6, 6.07) is 3.00. The molecular formula is C11H13F3N2O2. The van der Waals surface area contributed by atoms with E-state index in [1.165, 1.54) is 25.1 Å². The van der Waals surface area contributed by atoms with Crippen molar-refractivity contribution in [2.45, 2.75) is 25.6 Å². The largest absolute Gasteiger partial charge is 0.505 e. The van der Waals surface area contributed by atoms with Crippen molar-refractivity contribution in [2.75, 3.05) is 5.73 Å². The minimum atomic E-state index is -4.36. The fourth-order valence-electron chi connectivity index (χ4n) is 1.44. The lowest BCUT2D eigenvalue weighted by atomic mass is 10.1. The molecule has 0 saturated carbocycles. The molecule has 0 spiro atoms. The molecule has 100 valence electrons. The zero-order valence-electron chi connectivity index (χ0n) is 9.58. The van der Waals surface area contributed by atoms with Gasteiger partial charge in [0.1, 0.15) is 0 Å². The van der Waals surface area contributed by atoms with Gasteiger partial charge in [0.05, 0.1) is 17.7 Å². The summed E-state index contributed by atoms with van der Waals surface area (Å²) in [6.07, 6.45) is -5.49. The predicted octanol–water partition coefficient (Wildman–Crippen LogP) is 2.05. The Balaban J connectivity index is 2.74. The van der Waals surface area contributed by atoms with Crippen LogP contribution in [0.2, 0.25) is 0 Å². The molecule has 0 aliphatic carbocycles. The number of benzene rings is 1. The van der Waals surface area contributed by atoms with Gasteiger partial charge >= 0.3 is 6.18 Å². The van der Waals surface area contributed by atoms with Crippen molar-refractivity contribution in [3.63, 3.8) is 0 Å². The number of nitrogens with one attached hydrogen (secondary N) is 1. The van der Waals surface area contributed by atoms with Crippen LogP contribution in [0, 0.1) is 0 Å². The quantitative estimate of drug-likeness (QED) is 0.576. The van der Waals surface area contributed by atoms with E-state index in [4.69, 9.17) is 5.73 Å². The van der Waals surface area contributed by atoms with E-state index in [0.717, 1.165) is 0 Å². The van der Waals surface area contributed by atoms with Crippen molar-refractivity contribution in [1.82, 2.24) is 5.32 Å². The topological polar surface area (TPSA) is 75.4 Å². The maximum atomic E-state index is 12.1. The van der Waals surface area contributed by atoms with Crippen molar-refractivity contribution in [3.05, 3.63) is 23.8 Å². The van der Waals surface area contributed by atoms with Crippen molar-refractivity contribution in [1.29, 1.82) is 0 Å². The molecule has 0 fully saturated rings. The molecule has 4 N–H and O–H groups in total. The van der Waals surface area contributed by atoms with Crippen molar-refractivity contribution < 1.29 is 23.1 Å². The third kappa shape index (κ3) is 3.83. The molecule has 1 rings (SSSR count). The van der Waals surface area contributed by atoms with Crippen LogP contribution < -0.4 is 11.1 Å². The van der Waals surface area contributed by atoms with E-state index in [1.54, 1.807) is 0 Å². The number of aromatic hydroxyl groups is 1. The molecule has 0 aliphatic heterocycles. The number of halogens is 3. The molecule has 0 saturated heterocycles. The summed E-state index contributed by atoms with van der Waals surface area (Å²) in [5.74, 6) is -1.23. The van der Waals surface area contributed by atoms with Crippen LogP contribution >= 0.6 is 0 Å². The van der Waals surface area contributed by atoms with Crippen LogP contribution in [0.3, 0.4) is 0 Å². The normalized spacial score (nSPS) is 13.1. The Kier molecular flexibility index (Phi) is 4.05. The van der Waals surface area contributed by atoms with Gasteiger partial charge < -0.3 is 16.2 Å². The lowest BCUT2D eigenvalue weighted by Gasteiger charge is -2.16. The summed E-state index contributed by atoms with van der Waals surface area (Å²) in [5.41, 5.74) is 5.22. The highest BCUT2D eigenvalue weighted by molar-refractivity contribution is 5.98. The third-order valence-electron chi connectivity index (χ3n) is 2.23. The lowest BCUT2D eigenvalue weighted by molar-refractivity contribution is -0.138. The van der Waals surface area contributed by atoms with Crippen molar-refractivity contribution in [3.8, 4) is 5.75 Å². The van der Waals surface area contributed by atoms with Gasteiger partial charge in [-0.2, -0.15) is 13.2 Å². The van der Waals surface area contributed by atoms with Gasteiger partial charge in [-0.1, -0.05) is 6.07 Å². The highest BCUT2D eigenvalue weighted by Gasteiger charge is 2.30. The van der Waals surface area contributed by atoms with E-state index in [9.17, 15) is 23.1 Å². The van der Waals surface area contributed by atoms with Gasteiger partial charge in [-0.15, -0.1) is 0 Å². The summed E-state index contributed by atoms with van der Waals surface area (Å²) in [6.45, 7) is 1.23. The highest BCUT2D eigenvalue weighted by atomic mass is 19.4. The molecule has 18 heavy (non-hydrogen) atoms. The van der Waals surface area contributed by atoms with E-state index in [1.807, 2.05) is 0 Å². The number of para-hydroxylation sites is 1. The number of alkyl halides is 3. The summed E-state index contributed by atoms with van der Waals surface area (Å²) < 4.78 is 36.2. The molecule has 1 unspecified atom stereocenters. The van der Waals surface area contributed by atoms with Crippen molar-refractivity contribution >= 4 is 11.6 Å². The smallest absolute Gasteiger partial charge is 0.391 e. The molecule has 4 nitrogen and oxygen atoms in total. The molecule has 0 heterocycles. The zero-order valence-corrected chi connectivity index (χ0v) is 9.58. The number of nitrogens with two attached hydrogens (primary N) is 1. The average Bonchev–Trinajstić information content (AvgIpc) is 2.18. The Morgan fingerprint density at radius 3 is 2.67 bits per heavy atom. The Hall–Kier alpha value is -1.92. The third-order valence-corrected chi connectivity index (χ3v) is 2.23. The van der Waals surface area contributed by atoms with Gasteiger partial charge in [-0.3, -0.25) is 4.79 Å².